The van der Waals surface area contributed by atoms with Crippen LogP contribution in [0.4, 0.5) is 0 Å². The lowest BCUT2D eigenvalue weighted by atomic mass is 10.1. The van der Waals surface area contributed by atoms with Crippen molar-refractivity contribution in [2.75, 3.05) is 0 Å². The van der Waals surface area contributed by atoms with Gasteiger partial charge in [0.1, 0.15) is 6.33 Å². The van der Waals surface area contributed by atoms with Gasteiger partial charge in [0.15, 0.2) is 0 Å². The fourth-order valence-electron chi connectivity index (χ4n) is 1.85. The smallest absolute Gasteiger partial charge is 0.235 e. The molecule has 0 radical (unpaired) electrons. The number of imidazole rings is 1. The number of hydrogen-bond donors (Lipinski definition) is 0. The second-order valence-corrected chi connectivity index (χ2v) is 5.11. The third-order valence-electron chi connectivity index (χ3n) is 2.79. The minimum atomic E-state index is 0.504. The topological polar surface area (TPSA) is 43.6 Å². The van der Waals surface area contributed by atoms with Crippen LogP contribution in [0.25, 0.3) is 17.2 Å². The van der Waals surface area contributed by atoms with E-state index in [0.29, 0.717) is 16.0 Å². The highest BCUT2D eigenvalue weighted by Gasteiger charge is 2.08. The van der Waals surface area contributed by atoms with E-state index >= 15 is 0 Å². The number of benzene rings is 1. The molecule has 0 amide bonds. The van der Waals surface area contributed by atoms with Gasteiger partial charge in [0.2, 0.25) is 5.95 Å². The van der Waals surface area contributed by atoms with Crippen LogP contribution in [-0.2, 0) is 0 Å². The minimum absolute atomic E-state index is 0.504. The quantitative estimate of drug-likeness (QED) is 0.720. The minimum Gasteiger partial charge on any atom is -0.274 e. The molecule has 0 spiro atoms. The van der Waals surface area contributed by atoms with Crippen LogP contribution in [0.2, 0.25) is 10.0 Å². The first-order valence-corrected chi connectivity index (χ1v) is 6.68. The van der Waals surface area contributed by atoms with Gasteiger partial charge in [-0.2, -0.15) is 0 Å². The third kappa shape index (κ3) is 2.53. The summed E-state index contributed by atoms with van der Waals surface area (Å²) >= 11 is 12.0. The molecule has 1 aromatic carbocycles. The second-order valence-electron chi connectivity index (χ2n) is 4.29. The van der Waals surface area contributed by atoms with Gasteiger partial charge in [-0.3, -0.25) is 4.57 Å². The van der Waals surface area contributed by atoms with Crippen LogP contribution in [-0.4, -0.2) is 19.5 Å². The summed E-state index contributed by atoms with van der Waals surface area (Å²) in [6, 6.07) is 7.34. The van der Waals surface area contributed by atoms with Crippen LogP contribution in [0, 0.1) is 6.92 Å². The van der Waals surface area contributed by atoms with Crippen LogP contribution >= 0.6 is 23.2 Å². The molecule has 0 aliphatic carbocycles. The zero-order valence-electron chi connectivity index (χ0n) is 10.6. The molecule has 20 heavy (non-hydrogen) atoms. The Balaban J connectivity index is 2.12. The molecule has 6 heteroatoms. The maximum atomic E-state index is 6.05. The highest BCUT2D eigenvalue weighted by atomic mass is 35.5. The summed E-state index contributed by atoms with van der Waals surface area (Å²) in [4.78, 5) is 12.9. The van der Waals surface area contributed by atoms with E-state index in [0.717, 1.165) is 17.0 Å². The normalized spacial score (nSPS) is 10.8. The largest absolute Gasteiger partial charge is 0.274 e. The van der Waals surface area contributed by atoms with Gasteiger partial charge >= 0.3 is 0 Å². The average molecular weight is 305 g/mol. The summed E-state index contributed by atoms with van der Waals surface area (Å²) in [6.45, 7) is 1.92. The highest BCUT2D eigenvalue weighted by Crippen LogP contribution is 2.28. The van der Waals surface area contributed by atoms with Crippen LogP contribution in [0.1, 0.15) is 5.69 Å². The van der Waals surface area contributed by atoms with E-state index in [1.807, 2.05) is 19.1 Å². The summed E-state index contributed by atoms with van der Waals surface area (Å²) < 4.78 is 1.76. The standard InChI is InChI=1S/C14H10Cl2N4/c1-9-6-13(10-2-3-11(15)12(16)7-10)19-14(18-9)20-5-4-17-8-20/h2-8H,1H3. The SMILES string of the molecule is Cc1cc(-c2ccc(Cl)c(Cl)c2)nc(-n2ccnc2)n1. The summed E-state index contributed by atoms with van der Waals surface area (Å²) in [6.07, 6.45) is 5.14. The van der Waals surface area contributed by atoms with Gasteiger partial charge in [0, 0.05) is 23.7 Å². The van der Waals surface area contributed by atoms with E-state index in [-0.39, 0.29) is 0 Å². The number of aryl methyl sites for hydroxylation is 1. The molecule has 0 unspecified atom stereocenters. The number of nitrogens with zero attached hydrogens (tertiary/aromatic N) is 4. The number of rotatable bonds is 2. The molecule has 3 rings (SSSR count). The first-order valence-electron chi connectivity index (χ1n) is 5.93. The average Bonchev–Trinajstić information content (AvgIpc) is 2.95. The lowest BCUT2D eigenvalue weighted by Crippen LogP contribution is -2.01. The maximum absolute atomic E-state index is 6.05. The predicted molar refractivity (Wildman–Crippen MR) is 79.3 cm³/mol. The Morgan fingerprint density at radius 3 is 2.60 bits per heavy atom. The van der Waals surface area contributed by atoms with E-state index in [2.05, 4.69) is 15.0 Å². The van der Waals surface area contributed by atoms with E-state index in [1.54, 1.807) is 35.4 Å². The Kier molecular flexibility index (Phi) is 3.42. The number of hydrogen-bond acceptors (Lipinski definition) is 3. The van der Waals surface area contributed by atoms with Crippen LogP contribution < -0.4 is 0 Å². The molecule has 2 heterocycles. The summed E-state index contributed by atoms with van der Waals surface area (Å²) in [5.41, 5.74) is 2.55. The van der Waals surface area contributed by atoms with Crippen molar-refractivity contribution in [3.8, 4) is 17.2 Å². The Bertz CT molecular complexity index is 754. The first-order chi connectivity index (χ1) is 9.63. The zero-order valence-corrected chi connectivity index (χ0v) is 12.1. The van der Waals surface area contributed by atoms with Crippen LogP contribution in [0.15, 0.2) is 43.0 Å². The molecule has 0 saturated carbocycles. The fraction of sp³-hybridized carbons (Fsp3) is 0.0714. The van der Waals surface area contributed by atoms with Crippen LogP contribution in [0.5, 0.6) is 0 Å². The Labute approximate surface area is 126 Å². The molecule has 2 aromatic heterocycles. The maximum Gasteiger partial charge on any atom is 0.235 e. The molecular weight excluding hydrogens is 295 g/mol. The zero-order chi connectivity index (χ0) is 14.1. The second kappa shape index (κ2) is 5.23. The summed E-state index contributed by atoms with van der Waals surface area (Å²) in [7, 11) is 0. The molecule has 0 N–H and O–H groups in total. The lowest BCUT2D eigenvalue weighted by molar-refractivity contribution is 0.912. The van der Waals surface area contributed by atoms with E-state index in [9.17, 15) is 0 Å². The van der Waals surface area contributed by atoms with Gasteiger partial charge in [-0.15, -0.1) is 0 Å². The van der Waals surface area contributed by atoms with Crippen molar-refractivity contribution in [2.24, 2.45) is 0 Å². The van der Waals surface area contributed by atoms with Gasteiger partial charge in [-0.1, -0.05) is 29.3 Å². The van der Waals surface area contributed by atoms with Crippen molar-refractivity contribution in [1.29, 1.82) is 0 Å². The van der Waals surface area contributed by atoms with E-state index < -0.39 is 0 Å². The fourth-order valence-corrected chi connectivity index (χ4v) is 2.15. The van der Waals surface area contributed by atoms with Crippen molar-refractivity contribution >= 4 is 23.2 Å². The molecule has 0 aliphatic heterocycles. The molecular formula is C14H10Cl2N4. The monoisotopic (exact) mass is 304 g/mol. The Morgan fingerprint density at radius 2 is 1.90 bits per heavy atom. The highest BCUT2D eigenvalue weighted by molar-refractivity contribution is 6.42. The Morgan fingerprint density at radius 1 is 1.05 bits per heavy atom. The Hall–Kier alpha value is -1.91. The van der Waals surface area contributed by atoms with Gasteiger partial charge < -0.3 is 0 Å². The van der Waals surface area contributed by atoms with Crippen molar-refractivity contribution in [2.45, 2.75) is 6.92 Å². The molecule has 0 aliphatic rings. The van der Waals surface area contributed by atoms with Gasteiger partial charge in [-0.05, 0) is 25.1 Å². The molecule has 4 nitrogen and oxygen atoms in total. The van der Waals surface area contributed by atoms with Gasteiger partial charge in [0.05, 0.1) is 15.7 Å². The molecule has 0 bridgehead atoms. The lowest BCUT2D eigenvalue weighted by Gasteiger charge is -2.07. The van der Waals surface area contributed by atoms with E-state index in [4.69, 9.17) is 23.2 Å². The summed E-state index contributed by atoms with van der Waals surface area (Å²) in [5.74, 6) is 0.573. The van der Waals surface area contributed by atoms with E-state index in [1.165, 1.54) is 0 Å². The van der Waals surface area contributed by atoms with Gasteiger partial charge in [-0.25, -0.2) is 15.0 Å². The first kappa shape index (κ1) is 13.1. The van der Waals surface area contributed by atoms with Crippen molar-refractivity contribution in [3.63, 3.8) is 0 Å². The van der Waals surface area contributed by atoms with Crippen molar-refractivity contribution < 1.29 is 0 Å². The molecule has 0 saturated heterocycles. The molecule has 100 valence electrons. The third-order valence-corrected chi connectivity index (χ3v) is 3.53. The number of halogens is 2. The molecule has 3 aromatic rings. The number of aromatic nitrogens is 4. The van der Waals surface area contributed by atoms with Gasteiger partial charge in [0.25, 0.3) is 0 Å². The van der Waals surface area contributed by atoms with Crippen molar-refractivity contribution in [1.82, 2.24) is 19.5 Å². The molecule has 0 fully saturated rings. The molecule has 0 atom stereocenters. The summed E-state index contributed by atoms with van der Waals surface area (Å²) in [5, 5.41) is 1.03. The van der Waals surface area contributed by atoms with Crippen molar-refractivity contribution in [3.05, 3.63) is 58.7 Å². The predicted octanol–water partition coefficient (Wildman–Crippen LogP) is 3.94. The van der Waals surface area contributed by atoms with Crippen LogP contribution in [0.3, 0.4) is 0 Å².